The third kappa shape index (κ3) is 2.77. The van der Waals surface area contributed by atoms with E-state index >= 15 is 0 Å². The second-order valence-electron chi connectivity index (χ2n) is 10.2. The van der Waals surface area contributed by atoms with Crippen LogP contribution in [0, 0.1) is 0 Å². The first-order chi connectivity index (χ1) is 18.1. The van der Waals surface area contributed by atoms with Crippen LogP contribution in [0.1, 0.15) is 25.0 Å². The molecule has 0 atom stereocenters. The Hall–Kier alpha value is -4.77. The minimum Gasteiger partial charge on any atom is -0.456 e. The number of hydrogen-bond donors (Lipinski definition) is 0. The van der Waals surface area contributed by atoms with Gasteiger partial charge in [-0.15, -0.1) is 0 Å². The Labute approximate surface area is 213 Å². The van der Waals surface area contributed by atoms with Crippen LogP contribution in [0.3, 0.4) is 0 Å². The molecule has 3 aromatic heterocycles. The van der Waals surface area contributed by atoms with Crippen molar-refractivity contribution in [2.75, 3.05) is 0 Å². The summed E-state index contributed by atoms with van der Waals surface area (Å²) in [6.45, 7) is 4.61. The van der Waals surface area contributed by atoms with E-state index < -0.39 is 0 Å². The van der Waals surface area contributed by atoms with Crippen molar-refractivity contribution in [3.63, 3.8) is 0 Å². The predicted octanol–water partition coefficient (Wildman–Crippen LogP) is 7.69. The van der Waals surface area contributed by atoms with Gasteiger partial charge in [-0.05, 0) is 64.7 Å². The van der Waals surface area contributed by atoms with Crippen molar-refractivity contribution in [2.24, 2.45) is 0 Å². The number of imidazole rings is 1. The van der Waals surface area contributed by atoms with Crippen LogP contribution in [0.5, 0.6) is 0 Å². The molecule has 5 heteroatoms. The molecule has 5 nitrogen and oxygen atoms in total. The van der Waals surface area contributed by atoms with Crippen molar-refractivity contribution in [3.05, 3.63) is 109 Å². The zero-order valence-electron chi connectivity index (χ0n) is 20.4. The first-order valence-corrected chi connectivity index (χ1v) is 12.4. The summed E-state index contributed by atoms with van der Waals surface area (Å²) < 4.78 is 8.33. The van der Waals surface area contributed by atoms with Crippen LogP contribution < -0.4 is 0 Å². The van der Waals surface area contributed by atoms with E-state index in [2.05, 4.69) is 95.1 Å². The van der Waals surface area contributed by atoms with Crippen LogP contribution in [0.25, 0.3) is 61.3 Å². The van der Waals surface area contributed by atoms with E-state index in [1.165, 1.54) is 22.3 Å². The fourth-order valence-electron chi connectivity index (χ4n) is 5.92. The lowest BCUT2D eigenvalue weighted by Crippen LogP contribution is -2.26. The fourth-order valence-corrected chi connectivity index (χ4v) is 5.92. The summed E-state index contributed by atoms with van der Waals surface area (Å²) >= 11 is 0. The van der Waals surface area contributed by atoms with Gasteiger partial charge in [0.1, 0.15) is 23.2 Å². The van der Waals surface area contributed by atoms with Gasteiger partial charge in [-0.2, -0.15) is 0 Å². The minimum atomic E-state index is -0.198. The molecule has 1 aliphatic rings. The van der Waals surface area contributed by atoms with Crippen molar-refractivity contribution < 1.29 is 4.42 Å². The zero-order chi connectivity index (χ0) is 24.7. The highest BCUT2D eigenvalue weighted by atomic mass is 16.3. The molecule has 0 unspecified atom stereocenters. The van der Waals surface area contributed by atoms with Crippen molar-refractivity contribution >= 4 is 33.0 Å². The van der Waals surface area contributed by atoms with Gasteiger partial charge in [0.05, 0.1) is 16.7 Å². The Morgan fingerprint density at radius 2 is 1.59 bits per heavy atom. The third-order valence-corrected chi connectivity index (χ3v) is 7.78. The molecule has 1 aliphatic heterocycles. The van der Waals surface area contributed by atoms with Crippen molar-refractivity contribution in [1.29, 1.82) is 0 Å². The van der Waals surface area contributed by atoms with Crippen molar-refractivity contribution in [2.45, 2.75) is 19.3 Å². The lowest BCUT2D eigenvalue weighted by atomic mass is 9.74. The average Bonchev–Trinajstić information content (AvgIpc) is 3.51. The molecule has 176 valence electrons. The Morgan fingerprint density at radius 3 is 2.49 bits per heavy atom. The summed E-state index contributed by atoms with van der Waals surface area (Å²) in [5.41, 5.74) is 10.6. The molecule has 0 amide bonds. The monoisotopic (exact) mass is 478 g/mol. The lowest BCUT2D eigenvalue weighted by Gasteiger charge is -2.35. The number of fused-ring (bicyclic) bond motifs is 5. The topological polar surface area (TPSA) is 56.7 Å². The van der Waals surface area contributed by atoms with Gasteiger partial charge in [0.15, 0.2) is 5.82 Å². The first kappa shape index (κ1) is 20.4. The standard InChI is InChI=1S/C32H22N4O/c1-32(2)23-7-5-8-25-30(23)36(31(35-25)26-14-15-33-18-34-26)27-12-10-20(17-24(27)32)19-11-13-29-22(16-19)21-6-3-4-9-28(21)37-29/h3-18H,1-2H3. The minimum absolute atomic E-state index is 0.198. The van der Waals surface area contributed by atoms with Gasteiger partial charge in [-0.3, -0.25) is 4.57 Å². The van der Waals surface area contributed by atoms with Crippen LogP contribution in [0.15, 0.2) is 102 Å². The van der Waals surface area contributed by atoms with Crippen molar-refractivity contribution in [3.8, 4) is 28.3 Å². The van der Waals surface area contributed by atoms with Gasteiger partial charge in [-0.25, -0.2) is 15.0 Å². The van der Waals surface area contributed by atoms with Gasteiger partial charge < -0.3 is 4.42 Å². The lowest BCUT2D eigenvalue weighted by molar-refractivity contribution is 0.629. The number of aromatic nitrogens is 4. The molecule has 0 spiro atoms. The second-order valence-corrected chi connectivity index (χ2v) is 10.2. The highest BCUT2D eigenvalue weighted by Gasteiger charge is 2.36. The van der Waals surface area contributed by atoms with Crippen LogP contribution in [-0.2, 0) is 5.41 Å². The largest absolute Gasteiger partial charge is 0.456 e. The SMILES string of the molecule is CC1(C)c2cc(-c3ccc4oc5ccccc5c4c3)ccc2-n2c(-c3ccncn3)nc3cccc1c32. The summed E-state index contributed by atoms with van der Waals surface area (Å²) in [6.07, 6.45) is 3.34. The maximum absolute atomic E-state index is 6.06. The smallest absolute Gasteiger partial charge is 0.164 e. The summed E-state index contributed by atoms with van der Waals surface area (Å²) in [5, 5.41) is 2.28. The molecule has 0 aliphatic carbocycles. The summed E-state index contributed by atoms with van der Waals surface area (Å²) in [7, 11) is 0. The maximum atomic E-state index is 6.06. The summed E-state index contributed by atoms with van der Waals surface area (Å²) in [4.78, 5) is 13.7. The number of hydrogen-bond acceptors (Lipinski definition) is 4. The molecular weight excluding hydrogens is 456 g/mol. The molecular formula is C32H22N4O. The number of para-hydroxylation sites is 2. The molecule has 4 aromatic carbocycles. The normalized spacial score (nSPS) is 13.9. The molecule has 0 N–H and O–H groups in total. The molecule has 0 saturated carbocycles. The quantitative estimate of drug-likeness (QED) is 0.256. The van der Waals surface area contributed by atoms with Gasteiger partial charge >= 0.3 is 0 Å². The van der Waals surface area contributed by atoms with Gasteiger partial charge in [0, 0.05) is 22.4 Å². The third-order valence-electron chi connectivity index (χ3n) is 7.78. The Kier molecular flexibility index (Phi) is 3.94. The molecule has 8 rings (SSSR count). The molecule has 0 saturated heterocycles. The molecule has 37 heavy (non-hydrogen) atoms. The molecule has 0 fully saturated rings. The van der Waals surface area contributed by atoms with Crippen LogP contribution in [0.2, 0.25) is 0 Å². The van der Waals surface area contributed by atoms with Crippen LogP contribution in [-0.4, -0.2) is 19.5 Å². The van der Waals surface area contributed by atoms with Crippen LogP contribution in [0.4, 0.5) is 0 Å². The van der Waals surface area contributed by atoms with Gasteiger partial charge in [-0.1, -0.05) is 56.3 Å². The van der Waals surface area contributed by atoms with E-state index in [4.69, 9.17) is 9.40 Å². The summed E-state index contributed by atoms with van der Waals surface area (Å²) in [6, 6.07) is 29.8. The van der Waals surface area contributed by atoms with E-state index in [1.54, 1.807) is 12.5 Å². The van der Waals surface area contributed by atoms with E-state index in [0.29, 0.717) is 0 Å². The first-order valence-electron chi connectivity index (χ1n) is 12.4. The fraction of sp³-hybridized carbons (Fsp3) is 0.0938. The predicted molar refractivity (Wildman–Crippen MR) is 147 cm³/mol. The van der Waals surface area contributed by atoms with E-state index in [0.717, 1.165) is 50.2 Å². The molecule has 0 radical (unpaired) electrons. The number of benzene rings is 4. The molecule has 4 heterocycles. The van der Waals surface area contributed by atoms with Crippen molar-refractivity contribution in [1.82, 2.24) is 19.5 Å². The Bertz CT molecular complexity index is 2010. The van der Waals surface area contributed by atoms with Gasteiger partial charge in [0.2, 0.25) is 0 Å². The zero-order valence-corrected chi connectivity index (χ0v) is 20.4. The highest BCUT2D eigenvalue weighted by molar-refractivity contribution is 6.06. The maximum Gasteiger partial charge on any atom is 0.164 e. The Balaban J connectivity index is 1.38. The van der Waals surface area contributed by atoms with E-state index in [-0.39, 0.29) is 5.41 Å². The Morgan fingerprint density at radius 1 is 0.757 bits per heavy atom. The number of nitrogens with zero attached hydrogens (tertiary/aromatic N) is 4. The molecule has 7 aromatic rings. The van der Waals surface area contributed by atoms with Crippen LogP contribution >= 0.6 is 0 Å². The highest BCUT2D eigenvalue weighted by Crippen LogP contribution is 2.47. The number of furan rings is 1. The number of rotatable bonds is 2. The summed E-state index contributed by atoms with van der Waals surface area (Å²) in [5.74, 6) is 0.834. The second kappa shape index (κ2) is 7.14. The average molecular weight is 479 g/mol. The van der Waals surface area contributed by atoms with E-state index in [9.17, 15) is 0 Å². The molecule has 0 bridgehead atoms. The van der Waals surface area contributed by atoms with E-state index in [1.807, 2.05) is 18.2 Å². The van der Waals surface area contributed by atoms with Gasteiger partial charge in [0.25, 0.3) is 0 Å².